The number of fused-ring (bicyclic) bond motifs is 3. The van der Waals surface area contributed by atoms with Crippen molar-refractivity contribution in [1.82, 2.24) is 19.7 Å². The molecule has 6 nitrogen and oxygen atoms in total. The van der Waals surface area contributed by atoms with Crippen molar-refractivity contribution in [1.29, 1.82) is 0 Å². The summed E-state index contributed by atoms with van der Waals surface area (Å²) in [6.07, 6.45) is 1.29. The number of hydrogen-bond donors (Lipinski definition) is 1. The summed E-state index contributed by atoms with van der Waals surface area (Å²) in [4.78, 5) is 34.6. The van der Waals surface area contributed by atoms with Gasteiger partial charge in [0.25, 0.3) is 5.56 Å². The molecular weight excluding hydrogens is 328 g/mol. The average Bonchev–Trinajstić information content (AvgIpc) is 2.67. The molecule has 2 aliphatic heterocycles. The minimum absolute atomic E-state index is 0.0332. The number of benzene rings is 1. The molecule has 2 aliphatic rings. The fourth-order valence-corrected chi connectivity index (χ4v) is 3.99. The summed E-state index contributed by atoms with van der Waals surface area (Å²) in [6.45, 7) is 6.34. The molecule has 2 aromatic rings. The summed E-state index contributed by atoms with van der Waals surface area (Å²) < 4.78 is 0. The zero-order valence-corrected chi connectivity index (χ0v) is 15.3. The number of hydrogen-bond acceptors (Lipinski definition) is 4. The first-order valence-corrected chi connectivity index (χ1v) is 9.43. The number of carbonyl (C=O) groups excluding carboxylic acids is 1. The third-order valence-electron chi connectivity index (χ3n) is 5.70. The van der Waals surface area contributed by atoms with Crippen LogP contribution >= 0.6 is 0 Å². The van der Waals surface area contributed by atoms with Crippen LogP contribution in [-0.4, -0.2) is 71.9 Å². The summed E-state index contributed by atoms with van der Waals surface area (Å²) in [7, 11) is 2.14. The molecule has 3 heterocycles. The van der Waals surface area contributed by atoms with E-state index in [0.29, 0.717) is 24.9 Å². The van der Waals surface area contributed by atoms with Gasteiger partial charge in [-0.3, -0.25) is 9.59 Å². The van der Waals surface area contributed by atoms with E-state index < -0.39 is 0 Å². The van der Waals surface area contributed by atoms with Gasteiger partial charge in [-0.1, -0.05) is 18.2 Å². The summed E-state index contributed by atoms with van der Waals surface area (Å²) >= 11 is 0. The van der Waals surface area contributed by atoms with Crippen LogP contribution in [-0.2, 0) is 17.8 Å². The predicted molar refractivity (Wildman–Crippen MR) is 102 cm³/mol. The second-order valence-electron chi connectivity index (χ2n) is 7.42. The van der Waals surface area contributed by atoms with Gasteiger partial charge in [0.2, 0.25) is 5.91 Å². The maximum atomic E-state index is 12.7. The van der Waals surface area contributed by atoms with Gasteiger partial charge in [0.05, 0.1) is 0 Å². The summed E-state index contributed by atoms with van der Waals surface area (Å²) in [5.41, 5.74) is 2.05. The Kier molecular flexibility index (Phi) is 4.78. The Morgan fingerprint density at radius 3 is 2.58 bits per heavy atom. The van der Waals surface area contributed by atoms with Gasteiger partial charge in [0.1, 0.15) is 0 Å². The minimum atomic E-state index is -0.0332. The zero-order chi connectivity index (χ0) is 18.1. The van der Waals surface area contributed by atoms with Crippen LogP contribution in [0, 0.1) is 0 Å². The molecule has 0 aliphatic carbocycles. The van der Waals surface area contributed by atoms with Gasteiger partial charge in [-0.15, -0.1) is 0 Å². The average molecular weight is 354 g/mol. The largest absolute Gasteiger partial charge is 0.338 e. The molecule has 1 amide bonds. The topological polar surface area (TPSA) is 59.6 Å². The lowest BCUT2D eigenvalue weighted by Crippen LogP contribution is -2.46. The third-order valence-corrected chi connectivity index (χ3v) is 5.70. The molecular formula is C20H26N4O2. The van der Waals surface area contributed by atoms with Gasteiger partial charge in [0, 0.05) is 69.7 Å². The third kappa shape index (κ3) is 3.39. The van der Waals surface area contributed by atoms with Crippen LogP contribution in [0.2, 0.25) is 0 Å². The zero-order valence-electron chi connectivity index (χ0n) is 15.3. The minimum Gasteiger partial charge on any atom is -0.338 e. The van der Waals surface area contributed by atoms with Crippen LogP contribution < -0.4 is 5.56 Å². The van der Waals surface area contributed by atoms with E-state index in [4.69, 9.17) is 0 Å². The smallest absolute Gasteiger partial charge is 0.256 e. The molecule has 1 N–H and O–H groups in total. The lowest BCUT2D eigenvalue weighted by molar-refractivity contribution is -0.132. The Hall–Kier alpha value is -2.18. The Bertz CT molecular complexity index is 868. The molecule has 1 aromatic carbocycles. The molecule has 4 rings (SSSR count). The van der Waals surface area contributed by atoms with Crippen molar-refractivity contribution >= 4 is 16.7 Å². The fourth-order valence-electron chi connectivity index (χ4n) is 3.99. The number of H-pyrrole nitrogens is 1. The van der Waals surface area contributed by atoms with Gasteiger partial charge < -0.3 is 19.7 Å². The maximum Gasteiger partial charge on any atom is 0.256 e. The van der Waals surface area contributed by atoms with Crippen LogP contribution in [0.4, 0.5) is 0 Å². The molecule has 0 bridgehead atoms. The van der Waals surface area contributed by atoms with Gasteiger partial charge in [-0.05, 0) is 24.1 Å². The van der Waals surface area contributed by atoms with Gasteiger partial charge in [-0.2, -0.15) is 0 Å². The summed E-state index contributed by atoms with van der Waals surface area (Å²) in [6, 6.07) is 7.67. The van der Waals surface area contributed by atoms with Crippen molar-refractivity contribution in [2.24, 2.45) is 0 Å². The van der Waals surface area contributed by atoms with Crippen LogP contribution in [0.25, 0.3) is 10.8 Å². The number of likely N-dealkylation sites (N-methyl/N-ethyl adjacent to an activating group) is 1. The molecule has 0 saturated carbocycles. The molecule has 6 heteroatoms. The lowest BCUT2D eigenvalue weighted by Gasteiger charge is -2.33. The van der Waals surface area contributed by atoms with Crippen molar-refractivity contribution in [3.05, 3.63) is 45.9 Å². The van der Waals surface area contributed by atoms with E-state index in [-0.39, 0.29) is 11.5 Å². The Morgan fingerprint density at radius 1 is 1.08 bits per heavy atom. The summed E-state index contributed by atoms with van der Waals surface area (Å²) in [5, 5.41) is 1.68. The van der Waals surface area contributed by atoms with Crippen LogP contribution in [0.5, 0.6) is 0 Å². The SMILES string of the molecule is CN1CCN(CCC(=O)N2CCc3[nH]c(=O)c4ccccc4c3C2)CC1. The Balaban J connectivity index is 1.45. The molecule has 26 heavy (non-hydrogen) atoms. The fraction of sp³-hybridized carbons (Fsp3) is 0.500. The molecule has 138 valence electrons. The summed E-state index contributed by atoms with van der Waals surface area (Å²) in [5.74, 6) is 0.213. The predicted octanol–water partition coefficient (Wildman–Crippen LogP) is 1.05. The number of amides is 1. The van der Waals surface area contributed by atoms with Crippen LogP contribution in [0.15, 0.2) is 29.1 Å². The normalized spacial score (nSPS) is 18.9. The number of nitrogens with zero attached hydrogens (tertiary/aromatic N) is 3. The second-order valence-corrected chi connectivity index (χ2v) is 7.42. The quantitative estimate of drug-likeness (QED) is 0.895. The van der Waals surface area contributed by atoms with Gasteiger partial charge in [-0.25, -0.2) is 0 Å². The number of rotatable bonds is 3. The molecule has 0 radical (unpaired) electrons. The lowest BCUT2D eigenvalue weighted by atomic mass is 9.98. The van der Waals surface area contributed by atoms with Crippen molar-refractivity contribution in [2.45, 2.75) is 19.4 Å². The van der Waals surface area contributed by atoms with Crippen molar-refractivity contribution in [3.63, 3.8) is 0 Å². The molecule has 1 fully saturated rings. The standard InChI is InChI=1S/C20H26N4O2/c1-22-10-12-23(13-11-22)8-7-19(25)24-9-6-18-17(14-24)15-4-2-3-5-16(15)20(26)21-18/h2-5H,6-14H2,1H3,(H,21,26). The highest BCUT2D eigenvalue weighted by Crippen LogP contribution is 2.24. The van der Waals surface area contributed by atoms with Gasteiger partial charge >= 0.3 is 0 Å². The highest BCUT2D eigenvalue weighted by atomic mass is 16.2. The van der Waals surface area contributed by atoms with Crippen molar-refractivity contribution in [3.8, 4) is 0 Å². The number of carbonyl (C=O) groups is 1. The van der Waals surface area contributed by atoms with E-state index in [9.17, 15) is 9.59 Å². The molecule has 1 aromatic heterocycles. The van der Waals surface area contributed by atoms with E-state index in [1.807, 2.05) is 29.2 Å². The van der Waals surface area contributed by atoms with Gasteiger partial charge in [0.15, 0.2) is 0 Å². The van der Waals surface area contributed by atoms with Crippen molar-refractivity contribution in [2.75, 3.05) is 46.3 Å². The number of aromatic nitrogens is 1. The maximum absolute atomic E-state index is 12.7. The van der Waals surface area contributed by atoms with E-state index in [1.54, 1.807) is 0 Å². The van der Waals surface area contributed by atoms with E-state index >= 15 is 0 Å². The monoisotopic (exact) mass is 354 g/mol. The van der Waals surface area contributed by atoms with E-state index in [0.717, 1.165) is 55.8 Å². The first kappa shape index (κ1) is 17.2. The van der Waals surface area contributed by atoms with Crippen LogP contribution in [0.3, 0.4) is 0 Å². The van der Waals surface area contributed by atoms with E-state index in [2.05, 4.69) is 21.8 Å². The first-order chi connectivity index (χ1) is 12.6. The highest BCUT2D eigenvalue weighted by Gasteiger charge is 2.24. The van der Waals surface area contributed by atoms with Crippen LogP contribution in [0.1, 0.15) is 17.7 Å². The second kappa shape index (κ2) is 7.21. The number of aromatic amines is 1. The number of piperazine rings is 1. The first-order valence-electron chi connectivity index (χ1n) is 9.43. The molecule has 0 unspecified atom stereocenters. The highest BCUT2D eigenvalue weighted by molar-refractivity contribution is 5.86. The Morgan fingerprint density at radius 2 is 1.81 bits per heavy atom. The number of nitrogens with one attached hydrogen (secondary N) is 1. The molecule has 1 saturated heterocycles. The van der Waals surface area contributed by atoms with Crippen molar-refractivity contribution < 1.29 is 4.79 Å². The Labute approximate surface area is 153 Å². The number of pyridine rings is 1. The van der Waals surface area contributed by atoms with E-state index in [1.165, 1.54) is 0 Å². The molecule has 0 atom stereocenters. The molecule has 0 spiro atoms.